The van der Waals surface area contributed by atoms with Gasteiger partial charge in [0, 0.05) is 12.1 Å². The number of alkyl halides is 3. The number of ether oxygens (including phenoxy) is 1. The Bertz CT molecular complexity index is 557. The van der Waals surface area contributed by atoms with Gasteiger partial charge in [-0.05, 0) is 25.0 Å². The minimum atomic E-state index is -4.66. The van der Waals surface area contributed by atoms with E-state index in [0.29, 0.717) is 11.6 Å². The van der Waals surface area contributed by atoms with Gasteiger partial charge in [0.05, 0.1) is 17.4 Å². The molecule has 0 amide bonds. The first-order valence-electron chi connectivity index (χ1n) is 5.25. The Balaban J connectivity index is 1.97. The summed E-state index contributed by atoms with van der Waals surface area (Å²) in [6, 6.07) is 4.69. The van der Waals surface area contributed by atoms with E-state index < -0.39 is 6.36 Å². The zero-order valence-corrected chi connectivity index (χ0v) is 8.74. The van der Waals surface area contributed by atoms with Gasteiger partial charge in [0.1, 0.15) is 5.75 Å². The molecule has 0 N–H and O–H groups in total. The zero-order chi connectivity index (χ0) is 12.0. The highest BCUT2D eigenvalue weighted by Gasteiger charge is 2.31. The lowest BCUT2D eigenvalue weighted by atomic mass is 10.3. The average molecular weight is 242 g/mol. The second kappa shape index (κ2) is 3.38. The Morgan fingerprint density at radius 1 is 1.29 bits per heavy atom. The minimum absolute atomic E-state index is 0.231. The molecule has 0 aliphatic heterocycles. The zero-order valence-electron chi connectivity index (χ0n) is 8.74. The number of fused-ring (bicyclic) bond motifs is 1. The number of rotatable bonds is 2. The number of aromatic nitrogens is 2. The Labute approximate surface area is 94.8 Å². The molecule has 0 unspecified atom stereocenters. The second-order valence-corrected chi connectivity index (χ2v) is 4.08. The molecule has 0 saturated heterocycles. The van der Waals surface area contributed by atoms with Crippen molar-refractivity contribution in [2.24, 2.45) is 0 Å². The number of halogens is 3. The Morgan fingerprint density at radius 3 is 2.71 bits per heavy atom. The van der Waals surface area contributed by atoms with E-state index in [1.807, 2.05) is 4.57 Å². The molecule has 1 aliphatic carbocycles. The van der Waals surface area contributed by atoms with E-state index in [0.717, 1.165) is 18.4 Å². The van der Waals surface area contributed by atoms with Crippen LogP contribution >= 0.6 is 0 Å². The Kier molecular flexibility index (Phi) is 2.08. The van der Waals surface area contributed by atoms with Crippen LogP contribution in [0.5, 0.6) is 5.75 Å². The molecule has 0 bridgehead atoms. The van der Waals surface area contributed by atoms with Gasteiger partial charge in [0.2, 0.25) is 0 Å². The minimum Gasteiger partial charge on any atom is -0.406 e. The number of imidazole rings is 1. The van der Waals surface area contributed by atoms with E-state index in [2.05, 4.69) is 9.72 Å². The molecule has 1 aliphatic rings. The summed E-state index contributed by atoms with van der Waals surface area (Å²) in [6.07, 6.45) is -0.787. The maximum Gasteiger partial charge on any atom is 0.573 e. The predicted molar refractivity (Wildman–Crippen MR) is 54.7 cm³/mol. The van der Waals surface area contributed by atoms with Crippen molar-refractivity contribution in [1.82, 2.24) is 9.55 Å². The van der Waals surface area contributed by atoms with Crippen LogP contribution in [0.15, 0.2) is 24.5 Å². The molecule has 90 valence electrons. The van der Waals surface area contributed by atoms with Gasteiger partial charge in [-0.3, -0.25) is 0 Å². The molecule has 3 rings (SSSR count). The van der Waals surface area contributed by atoms with Crippen LogP contribution in [0.3, 0.4) is 0 Å². The number of hydrogen-bond acceptors (Lipinski definition) is 2. The van der Waals surface area contributed by atoms with Crippen LogP contribution in [-0.4, -0.2) is 15.9 Å². The molecule has 17 heavy (non-hydrogen) atoms. The molecule has 1 aromatic heterocycles. The third-order valence-corrected chi connectivity index (χ3v) is 2.72. The lowest BCUT2D eigenvalue weighted by molar-refractivity contribution is -0.274. The normalized spacial score (nSPS) is 16.4. The Hall–Kier alpha value is -1.72. The highest BCUT2D eigenvalue weighted by Crippen LogP contribution is 2.37. The topological polar surface area (TPSA) is 27.1 Å². The van der Waals surface area contributed by atoms with Crippen molar-refractivity contribution >= 4 is 11.0 Å². The summed E-state index contributed by atoms with van der Waals surface area (Å²) in [4.78, 5) is 4.09. The smallest absolute Gasteiger partial charge is 0.406 e. The van der Waals surface area contributed by atoms with E-state index in [4.69, 9.17) is 0 Å². The molecule has 6 heteroatoms. The lowest BCUT2D eigenvalue weighted by Crippen LogP contribution is -2.17. The second-order valence-electron chi connectivity index (χ2n) is 4.08. The third-order valence-electron chi connectivity index (χ3n) is 2.72. The van der Waals surface area contributed by atoms with Crippen molar-refractivity contribution in [2.45, 2.75) is 25.2 Å². The highest BCUT2D eigenvalue weighted by molar-refractivity contribution is 5.77. The van der Waals surface area contributed by atoms with Gasteiger partial charge in [0.25, 0.3) is 0 Å². The van der Waals surface area contributed by atoms with Gasteiger partial charge in [-0.25, -0.2) is 4.98 Å². The van der Waals surface area contributed by atoms with Crippen LogP contribution in [-0.2, 0) is 0 Å². The van der Waals surface area contributed by atoms with E-state index in [1.165, 1.54) is 12.1 Å². The largest absolute Gasteiger partial charge is 0.573 e. The van der Waals surface area contributed by atoms with Crippen molar-refractivity contribution in [3.63, 3.8) is 0 Å². The lowest BCUT2D eigenvalue weighted by Gasteiger charge is -2.08. The quantitative estimate of drug-likeness (QED) is 0.808. The summed E-state index contributed by atoms with van der Waals surface area (Å²) < 4.78 is 41.9. The van der Waals surface area contributed by atoms with Crippen molar-refractivity contribution in [3.8, 4) is 5.75 Å². The molecular weight excluding hydrogens is 233 g/mol. The van der Waals surface area contributed by atoms with Gasteiger partial charge in [-0.15, -0.1) is 13.2 Å². The van der Waals surface area contributed by atoms with Crippen LogP contribution in [0.4, 0.5) is 13.2 Å². The molecule has 1 aromatic carbocycles. The average Bonchev–Trinajstić information content (AvgIpc) is 2.97. The molecular formula is C11H9F3N2O. The van der Waals surface area contributed by atoms with Gasteiger partial charge in [0.15, 0.2) is 0 Å². The van der Waals surface area contributed by atoms with E-state index >= 15 is 0 Å². The van der Waals surface area contributed by atoms with Gasteiger partial charge < -0.3 is 9.30 Å². The maximum absolute atomic E-state index is 12.0. The summed E-state index contributed by atoms with van der Waals surface area (Å²) in [5, 5.41) is 0. The monoisotopic (exact) mass is 242 g/mol. The van der Waals surface area contributed by atoms with Crippen molar-refractivity contribution < 1.29 is 17.9 Å². The maximum atomic E-state index is 12.0. The van der Waals surface area contributed by atoms with Crippen LogP contribution in [0, 0.1) is 0 Å². The molecule has 3 nitrogen and oxygen atoms in total. The van der Waals surface area contributed by atoms with Crippen molar-refractivity contribution in [1.29, 1.82) is 0 Å². The fourth-order valence-electron chi connectivity index (χ4n) is 1.85. The summed E-state index contributed by atoms with van der Waals surface area (Å²) in [5.74, 6) is -0.231. The van der Waals surface area contributed by atoms with E-state index in [9.17, 15) is 13.2 Å². The van der Waals surface area contributed by atoms with Crippen molar-refractivity contribution in [2.75, 3.05) is 0 Å². The molecule has 1 fully saturated rings. The first kappa shape index (κ1) is 10.4. The molecule has 0 radical (unpaired) electrons. The van der Waals surface area contributed by atoms with Crippen LogP contribution < -0.4 is 4.74 Å². The van der Waals surface area contributed by atoms with Gasteiger partial charge in [-0.2, -0.15) is 0 Å². The molecule has 0 atom stereocenters. The first-order valence-corrected chi connectivity index (χ1v) is 5.25. The predicted octanol–water partition coefficient (Wildman–Crippen LogP) is 3.27. The molecule has 2 aromatic rings. The molecule has 1 heterocycles. The first-order chi connectivity index (χ1) is 8.03. The number of hydrogen-bond donors (Lipinski definition) is 0. The third kappa shape index (κ3) is 2.07. The van der Waals surface area contributed by atoms with Crippen LogP contribution in [0.2, 0.25) is 0 Å². The SMILES string of the molecule is FC(F)(F)Oc1ccc2c(c1)ncn2C1CC1. The number of benzene rings is 1. The van der Waals surface area contributed by atoms with Crippen LogP contribution in [0.25, 0.3) is 11.0 Å². The van der Waals surface area contributed by atoms with Gasteiger partial charge >= 0.3 is 6.36 Å². The summed E-state index contributed by atoms with van der Waals surface area (Å²) >= 11 is 0. The fourth-order valence-corrected chi connectivity index (χ4v) is 1.85. The van der Waals surface area contributed by atoms with Gasteiger partial charge in [-0.1, -0.05) is 0 Å². The summed E-state index contributed by atoms with van der Waals surface area (Å²) in [6.45, 7) is 0. The standard InChI is InChI=1S/C11H9F3N2O/c12-11(13,14)17-8-3-4-10-9(5-8)15-6-16(10)7-1-2-7/h3-7H,1-2H2. The molecule has 1 saturated carbocycles. The summed E-state index contributed by atoms with van der Waals surface area (Å²) in [7, 11) is 0. The van der Waals surface area contributed by atoms with Crippen LogP contribution in [0.1, 0.15) is 18.9 Å². The molecule has 0 spiro atoms. The fraction of sp³-hybridized carbons (Fsp3) is 0.364. The Morgan fingerprint density at radius 2 is 2.06 bits per heavy atom. The number of nitrogens with zero attached hydrogens (tertiary/aromatic N) is 2. The summed E-state index contributed by atoms with van der Waals surface area (Å²) in [5.41, 5.74) is 1.38. The van der Waals surface area contributed by atoms with E-state index in [-0.39, 0.29) is 5.75 Å². The van der Waals surface area contributed by atoms with Crippen molar-refractivity contribution in [3.05, 3.63) is 24.5 Å². The highest BCUT2D eigenvalue weighted by atomic mass is 19.4. The van der Waals surface area contributed by atoms with E-state index in [1.54, 1.807) is 12.4 Å².